The zero-order valence-electron chi connectivity index (χ0n) is 10.1. The Hall–Kier alpha value is -2.38. The van der Waals surface area contributed by atoms with E-state index in [0.29, 0.717) is 16.2 Å². The van der Waals surface area contributed by atoms with Crippen LogP contribution in [-0.2, 0) is 0 Å². The van der Waals surface area contributed by atoms with Gasteiger partial charge in [0.25, 0.3) is 0 Å². The van der Waals surface area contributed by atoms with Gasteiger partial charge in [-0.1, -0.05) is 23.7 Å². The van der Waals surface area contributed by atoms with Crippen LogP contribution in [0.2, 0.25) is 5.02 Å². The molecule has 5 heteroatoms. The molecule has 2 aromatic heterocycles. The molecule has 4 nitrogen and oxygen atoms in total. The van der Waals surface area contributed by atoms with Gasteiger partial charge in [0.15, 0.2) is 5.65 Å². The second-order valence-corrected chi connectivity index (χ2v) is 4.59. The van der Waals surface area contributed by atoms with Gasteiger partial charge in [0.05, 0.1) is 28.7 Å². The van der Waals surface area contributed by atoms with Crippen molar-refractivity contribution in [3.8, 4) is 17.3 Å². The minimum Gasteiger partial charge on any atom is -0.342 e. The quantitative estimate of drug-likeness (QED) is 0.735. The van der Waals surface area contributed by atoms with E-state index >= 15 is 0 Å². The van der Waals surface area contributed by atoms with E-state index in [-0.39, 0.29) is 0 Å². The molecule has 0 atom stereocenters. The van der Waals surface area contributed by atoms with Crippen molar-refractivity contribution in [1.29, 1.82) is 5.26 Å². The number of hydrogen-bond acceptors (Lipinski definition) is 3. The molecule has 92 valence electrons. The largest absolute Gasteiger partial charge is 0.342 e. The molecular weight excluding hydrogens is 260 g/mol. The predicted molar refractivity (Wildman–Crippen MR) is 73.8 cm³/mol. The van der Waals surface area contributed by atoms with Gasteiger partial charge in [-0.25, -0.2) is 9.97 Å². The molecule has 0 aliphatic rings. The number of pyridine rings is 1. The van der Waals surface area contributed by atoms with Crippen LogP contribution >= 0.6 is 11.6 Å². The van der Waals surface area contributed by atoms with Gasteiger partial charge in [-0.3, -0.25) is 0 Å². The predicted octanol–water partition coefficient (Wildman–Crippen LogP) is 3.46. The molecule has 19 heavy (non-hydrogen) atoms. The molecule has 3 rings (SSSR count). The molecule has 0 spiro atoms. The minimum atomic E-state index is 0.569. The lowest BCUT2D eigenvalue weighted by atomic mass is 10.0. The van der Waals surface area contributed by atoms with Crippen LogP contribution in [0.15, 0.2) is 30.6 Å². The highest BCUT2D eigenvalue weighted by atomic mass is 35.5. The Morgan fingerprint density at radius 2 is 2.21 bits per heavy atom. The number of nitrogens with zero attached hydrogens (tertiary/aromatic N) is 3. The van der Waals surface area contributed by atoms with Gasteiger partial charge in [-0.2, -0.15) is 5.26 Å². The average molecular weight is 269 g/mol. The number of H-pyrrole nitrogens is 1. The van der Waals surface area contributed by atoms with Crippen LogP contribution in [0.1, 0.15) is 11.1 Å². The Kier molecular flexibility index (Phi) is 2.69. The number of aromatic amines is 1. The van der Waals surface area contributed by atoms with Crippen molar-refractivity contribution < 1.29 is 0 Å². The summed E-state index contributed by atoms with van der Waals surface area (Å²) in [5, 5.41) is 9.64. The van der Waals surface area contributed by atoms with Crippen LogP contribution in [0.25, 0.3) is 22.4 Å². The molecule has 0 amide bonds. The summed E-state index contributed by atoms with van der Waals surface area (Å²) in [6.07, 6.45) is 1.56. The van der Waals surface area contributed by atoms with E-state index in [2.05, 4.69) is 21.0 Å². The topological polar surface area (TPSA) is 65.4 Å². The van der Waals surface area contributed by atoms with Crippen molar-refractivity contribution in [2.45, 2.75) is 6.92 Å². The summed E-state index contributed by atoms with van der Waals surface area (Å²) in [6, 6.07) is 9.50. The first-order chi connectivity index (χ1) is 9.20. The van der Waals surface area contributed by atoms with E-state index in [9.17, 15) is 0 Å². The van der Waals surface area contributed by atoms with Crippen molar-refractivity contribution in [3.05, 3.63) is 46.7 Å². The maximum Gasteiger partial charge on any atom is 0.179 e. The van der Waals surface area contributed by atoms with Crippen molar-refractivity contribution in [1.82, 2.24) is 15.0 Å². The number of fused-ring (bicyclic) bond motifs is 1. The van der Waals surface area contributed by atoms with Crippen LogP contribution in [0, 0.1) is 18.3 Å². The lowest BCUT2D eigenvalue weighted by molar-refractivity contribution is 1.29. The Balaban J connectivity index is 2.28. The fraction of sp³-hybridized carbons (Fsp3) is 0.0714. The van der Waals surface area contributed by atoms with Crippen LogP contribution in [0.3, 0.4) is 0 Å². The lowest BCUT2D eigenvalue weighted by Crippen LogP contribution is -1.91. The van der Waals surface area contributed by atoms with Gasteiger partial charge in [-0.15, -0.1) is 0 Å². The molecule has 0 saturated carbocycles. The summed E-state index contributed by atoms with van der Waals surface area (Å²) in [5.74, 6) is 0. The fourth-order valence-corrected chi connectivity index (χ4v) is 2.30. The third kappa shape index (κ3) is 1.85. The summed E-state index contributed by atoms with van der Waals surface area (Å²) in [4.78, 5) is 11.5. The van der Waals surface area contributed by atoms with Gasteiger partial charge in [-0.05, 0) is 24.6 Å². The highest BCUT2D eigenvalue weighted by molar-refractivity contribution is 6.35. The van der Waals surface area contributed by atoms with Crippen molar-refractivity contribution >= 4 is 22.8 Å². The molecule has 3 aromatic rings. The molecular formula is C14H9ClN4. The molecule has 0 bridgehead atoms. The van der Waals surface area contributed by atoms with Crippen molar-refractivity contribution in [3.63, 3.8) is 0 Å². The number of nitrogens with one attached hydrogen (secondary N) is 1. The zero-order valence-corrected chi connectivity index (χ0v) is 10.9. The Labute approximate surface area is 114 Å². The lowest BCUT2D eigenvalue weighted by Gasteiger charge is -2.07. The van der Waals surface area contributed by atoms with Gasteiger partial charge >= 0.3 is 0 Å². The van der Waals surface area contributed by atoms with Crippen LogP contribution in [0.5, 0.6) is 0 Å². The average Bonchev–Trinajstić information content (AvgIpc) is 2.88. The highest BCUT2D eigenvalue weighted by Crippen LogP contribution is 2.29. The van der Waals surface area contributed by atoms with E-state index in [1.165, 1.54) is 0 Å². The van der Waals surface area contributed by atoms with Gasteiger partial charge < -0.3 is 4.98 Å². The normalized spacial score (nSPS) is 10.6. The maximum atomic E-state index is 9.07. The minimum absolute atomic E-state index is 0.569. The van der Waals surface area contributed by atoms with Gasteiger partial charge in [0.2, 0.25) is 0 Å². The molecule has 1 aromatic carbocycles. The Morgan fingerprint density at radius 1 is 1.37 bits per heavy atom. The molecule has 0 unspecified atom stereocenters. The summed E-state index contributed by atoms with van der Waals surface area (Å²) in [5.41, 5.74) is 4.44. The first kappa shape index (κ1) is 11.7. The van der Waals surface area contributed by atoms with E-state index in [0.717, 1.165) is 22.3 Å². The molecule has 0 radical (unpaired) electrons. The third-order valence-corrected chi connectivity index (χ3v) is 3.38. The van der Waals surface area contributed by atoms with Crippen LogP contribution in [0.4, 0.5) is 0 Å². The number of hydrogen-bond donors (Lipinski definition) is 1. The number of aromatic nitrogens is 3. The Bertz CT molecular complexity index is 814. The van der Waals surface area contributed by atoms with E-state index < -0.39 is 0 Å². The van der Waals surface area contributed by atoms with E-state index in [4.69, 9.17) is 16.9 Å². The molecule has 0 saturated heterocycles. The van der Waals surface area contributed by atoms with Crippen LogP contribution < -0.4 is 0 Å². The molecule has 0 aliphatic heterocycles. The van der Waals surface area contributed by atoms with Crippen molar-refractivity contribution in [2.24, 2.45) is 0 Å². The second-order valence-electron chi connectivity index (χ2n) is 4.18. The van der Waals surface area contributed by atoms with E-state index in [1.54, 1.807) is 18.5 Å². The first-order valence-corrected chi connectivity index (χ1v) is 6.08. The number of rotatable bonds is 1. The summed E-state index contributed by atoms with van der Waals surface area (Å²) in [7, 11) is 0. The monoisotopic (exact) mass is 268 g/mol. The SMILES string of the molecule is Cc1c(C#N)cccc1-c1cc(Cl)c2[nH]cnc2n1. The molecule has 0 fully saturated rings. The van der Waals surface area contributed by atoms with Gasteiger partial charge in [0, 0.05) is 5.56 Å². The van der Waals surface area contributed by atoms with Crippen molar-refractivity contribution in [2.75, 3.05) is 0 Å². The number of halogens is 1. The molecule has 2 heterocycles. The second kappa shape index (κ2) is 4.38. The zero-order chi connectivity index (χ0) is 13.4. The van der Waals surface area contributed by atoms with Crippen LogP contribution in [-0.4, -0.2) is 15.0 Å². The molecule has 0 aliphatic carbocycles. The highest BCUT2D eigenvalue weighted by Gasteiger charge is 2.11. The van der Waals surface area contributed by atoms with Gasteiger partial charge in [0.1, 0.15) is 5.52 Å². The standard InChI is InChI=1S/C14H9ClN4/c1-8-9(6-16)3-2-4-10(8)12-5-11(15)13-14(19-12)18-7-17-13/h2-5,7H,1H3,(H,17,18,19). The number of nitriles is 1. The number of imidazole rings is 1. The fourth-order valence-electron chi connectivity index (χ4n) is 2.06. The molecule has 1 N–H and O–H groups in total. The summed E-state index contributed by atoms with van der Waals surface area (Å²) in [6.45, 7) is 1.90. The Morgan fingerprint density at radius 3 is 3.00 bits per heavy atom. The third-order valence-electron chi connectivity index (χ3n) is 3.08. The maximum absolute atomic E-state index is 9.07. The summed E-state index contributed by atoms with van der Waals surface area (Å²) >= 11 is 6.20. The smallest absolute Gasteiger partial charge is 0.179 e. The summed E-state index contributed by atoms with van der Waals surface area (Å²) < 4.78 is 0. The first-order valence-electron chi connectivity index (χ1n) is 5.70. The number of benzene rings is 1. The van der Waals surface area contributed by atoms with E-state index in [1.807, 2.05) is 19.1 Å².